The smallest absolute Gasteiger partial charge is 0.305 e. The van der Waals surface area contributed by atoms with Crippen molar-refractivity contribution in [2.45, 2.75) is 38.8 Å². The third-order valence-electron chi connectivity index (χ3n) is 2.94. The number of rotatable bonds is 7. The van der Waals surface area contributed by atoms with Crippen LogP contribution < -0.4 is 10.6 Å². The molecule has 0 aromatic carbocycles. The van der Waals surface area contributed by atoms with Crippen LogP contribution in [0.1, 0.15) is 26.7 Å². The summed E-state index contributed by atoms with van der Waals surface area (Å²) < 4.78 is 5.31. The SMILES string of the molecule is CCCNC1COCC1C(=O)NC(C)CC(=O)O. The van der Waals surface area contributed by atoms with Crippen molar-refractivity contribution in [3.63, 3.8) is 0 Å². The van der Waals surface area contributed by atoms with Crippen LogP contribution in [0.5, 0.6) is 0 Å². The molecule has 1 heterocycles. The third kappa shape index (κ3) is 4.62. The van der Waals surface area contributed by atoms with E-state index in [9.17, 15) is 9.59 Å². The predicted octanol–water partition coefficient (Wildman–Crippen LogP) is -0.0196. The average Bonchev–Trinajstić information content (AvgIpc) is 2.72. The molecule has 0 spiro atoms. The van der Waals surface area contributed by atoms with Gasteiger partial charge in [0.2, 0.25) is 5.91 Å². The molecule has 0 radical (unpaired) electrons. The monoisotopic (exact) mass is 258 g/mol. The normalized spacial score (nSPS) is 24.8. The summed E-state index contributed by atoms with van der Waals surface area (Å²) in [6, 6.07) is -0.329. The topological polar surface area (TPSA) is 87.7 Å². The lowest BCUT2D eigenvalue weighted by molar-refractivity contribution is -0.137. The number of nitrogens with one attached hydrogen (secondary N) is 2. The van der Waals surface area contributed by atoms with Crippen LogP contribution in [0.2, 0.25) is 0 Å². The Morgan fingerprint density at radius 3 is 2.78 bits per heavy atom. The second kappa shape index (κ2) is 7.33. The van der Waals surface area contributed by atoms with E-state index in [1.54, 1.807) is 6.92 Å². The molecule has 1 saturated heterocycles. The molecule has 1 aliphatic rings. The van der Waals surface area contributed by atoms with Crippen molar-refractivity contribution >= 4 is 11.9 Å². The number of carbonyl (C=O) groups is 2. The van der Waals surface area contributed by atoms with Gasteiger partial charge in [-0.2, -0.15) is 0 Å². The van der Waals surface area contributed by atoms with Gasteiger partial charge in [0.25, 0.3) is 0 Å². The largest absolute Gasteiger partial charge is 0.481 e. The van der Waals surface area contributed by atoms with Crippen LogP contribution in [-0.4, -0.2) is 48.8 Å². The molecule has 1 rings (SSSR count). The maximum absolute atomic E-state index is 12.0. The fraction of sp³-hybridized carbons (Fsp3) is 0.833. The van der Waals surface area contributed by atoms with Crippen LogP contribution in [0.15, 0.2) is 0 Å². The van der Waals surface area contributed by atoms with Gasteiger partial charge in [-0.1, -0.05) is 6.92 Å². The Hall–Kier alpha value is -1.14. The van der Waals surface area contributed by atoms with Gasteiger partial charge in [-0.3, -0.25) is 9.59 Å². The van der Waals surface area contributed by atoms with Crippen LogP contribution >= 0.6 is 0 Å². The first-order chi connectivity index (χ1) is 8.54. The van der Waals surface area contributed by atoms with E-state index in [1.165, 1.54) is 0 Å². The number of carbonyl (C=O) groups excluding carboxylic acids is 1. The molecule has 104 valence electrons. The summed E-state index contributed by atoms with van der Waals surface area (Å²) in [6.07, 6.45) is 0.937. The highest BCUT2D eigenvalue weighted by molar-refractivity contribution is 5.80. The second-order valence-electron chi connectivity index (χ2n) is 4.71. The first-order valence-corrected chi connectivity index (χ1v) is 6.37. The Morgan fingerprint density at radius 2 is 2.17 bits per heavy atom. The van der Waals surface area contributed by atoms with Gasteiger partial charge in [0, 0.05) is 12.1 Å². The summed E-state index contributed by atoms with van der Waals surface area (Å²) in [5.41, 5.74) is 0. The van der Waals surface area contributed by atoms with Gasteiger partial charge in [-0.25, -0.2) is 0 Å². The molecule has 0 saturated carbocycles. The lowest BCUT2D eigenvalue weighted by Gasteiger charge is -2.20. The highest BCUT2D eigenvalue weighted by atomic mass is 16.5. The molecule has 3 N–H and O–H groups in total. The highest BCUT2D eigenvalue weighted by Gasteiger charge is 2.34. The van der Waals surface area contributed by atoms with Crippen LogP contribution in [0.25, 0.3) is 0 Å². The number of hydrogen-bond acceptors (Lipinski definition) is 4. The first kappa shape index (κ1) is 14.9. The molecule has 0 aromatic heterocycles. The van der Waals surface area contributed by atoms with Gasteiger partial charge in [0.05, 0.1) is 25.6 Å². The molecule has 1 fully saturated rings. The van der Waals surface area contributed by atoms with Gasteiger partial charge < -0.3 is 20.5 Å². The van der Waals surface area contributed by atoms with Gasteiger partial charge in [0.15, 0.2) is 0 Å². The van der Waals surface area contributed by atoms with E-state index in [0.717, 1.165) is 13.0 Å². The molecule has 3 atom stereocenters. The number of carboxylic acids is 1. The Labute approximate surface area is 107 Å². The van der Waals surface area contributed by atoms with Crippen molar-refractivity contribution in [2.75, 3.05) is 19.8 Å². The van der Waals surface area contributed by atoms with Gasteiger partial charge in [-0.05, 0) is 19.9 Å². The van der Waals surface area contributed by atoms with Gasteiger partial charge >= 0.3 is 5.97 Å². The molecule has 6 heteroatoms. The van der Waals surface area contributed by atoms with Gasteiger partial charge in [-0.15, -0.1) is 0 Å². The Morgan fingerprint density at radius 1 is 1.44 bits per heavy atom. The summed E-state index contributed by atoms with van der Waals surface area (Å²) in [5.74, 6) is -1.27. The van der Waals surface area contributed by atoms with Crippen molar-refractivity contribution in [3.8, 4) is 0 Å². The number of amides is 1. The molecule has 6 nitrogen and oxygen atoms in total. The highest BCUT2D eigenvalue weighted by Crippen LogP contribution is 2.14. The standard InChI is InChI=1S/C12H22N2O4/c1-3-4-13-10-7-18-6-9(10)12(17)14-8(2)5-11(15)16/h8-10,13H,3-7H2,1-2H3,(H,14,17)(H,15,16). The Bertz CT molecular complexity index is 296. The van der Waals surface area contributed by atoms with E-state index in [0.29, 0.717) is 13.2 Å². The second-order valence-corrected chi connectivity index (χ2v) is 4.71. The van der Waals surface area contributed by atoms with Gasteiger partial charge in [0.1, 0.15) is 0 Å². The van der Waals surface area contributed by atoms with E-state index in [1.807, 2.05) is 0 Å². The fourth-order valence-electron chi connectivity index (χ4n) is 2.01. The van der Waals surface area contributed by atoms with E-state index < -0.39 is 5.97 Å². The van der Waals surface area contributed by atoms with Crippen molar-refractivity contribution in [1.82, 2.24) is 10.6 Å². The van der Waals surface area contributed by atoms with Crippen LogP contribution in [0.4, 0.5) is 0 Å². The summed E-state index contributed by atoms with van der Waals surface area (Å²) in [4.78, 5) is 22.5. The Balaban J connectivity index is 2.42. The molecular formula is C12H22N2O4. The molecular weight excluding hydrogens is 236 g/mol. The van der Waals surface area contributed by atoms with Crippen molar-refractivity contribution in [3.05, 3.63) is 0 Å². The quantitative estimate of drug-likeness (QED) is 0.597. The average molecular weight is 258 g/mol. The zero-order valence-electron chi connectivity index (χ0n) is 10.9. The minimum atomic E-state index is -0.911. The third-order valence-corrected chi connectivity index (χ3v) is 2.94. The minimum absolute atomic E-state index is 0.0296. The molecule has 18 heavy (non-hydrogen) atoms. The number of ether oxygens (including phenoxy) is 1. The lowest BCUT2D eigenvalue weighted by atomic mass is 10.0. The maximum Gasteiger partial charge on any atom is 0.305 e. The van der Waals surface area contributed by atoms with Crippen molar-refractivity contribution < 1.29 is 19.4 Å². The molecule has 1 aliphatic heterocycles. The predicted molar refractivity (Wildman–Crippen MR) is 66.2 cm³/mol. The zero-order chi connectivity index (χ0) is 13.5. The number of aliphatic carboxylic acids is 1. The minimum Gasteiger partial charge on any atom is -0.481 e. The van der Waals surface area contributed by atoms with Crippen LogP contribution in [-0.2, 0) is 14.3 Å². The molecule has 0 aliphatic carbocycles. The zero-order valence-corrected chi connectivity index (χ0v) is 10.9. The molecule has 1 amide bonds. The van der Waals surface area contributed by atoms with E-state index >= 15 is 0 Å². The first-order valence-electron chi connectivity index (χ1n) is 6.37. The molecule has 0 bridgehead atoms. The number of hydrogen-bond donors (Lipinski definition) is 3. The number of carboxylic acid groups (broad SMARTS) is 1. The lowest BCUT2D eigenvalue weighted by Crippen LogP contribution is -2.46. The van der Waals surface area contributed by atoms with Crippen molar-refractivity contribution in [1.29, 1.82) is 0 Å². The fourth-order valence-corrected chi connectivity index (χ4v) is 2.01. The summed E-state index contributed by atoms with van der Waals surface area (Å²) in [5, 5.41) is 14.6. The summed E-state index contributed by atoms with van der Waals surface area (Å²) >= 11 is 0. The van der Waals surface area contributed by atoms with E-state index in [4.69, 9.17) is 9.84 Å². The van der Waals surface area contributed by atoms with E-state index in [2.05, 4.69) is 17.6 Å². The molecule has 0 aromatic rings. The summed E-state index contributed by atoms with van der Waals surface area (Å²) in [7, 11) is 0. The van der Waals surface area contributed by atoms with E-state index in [-0.39, 0.29) is 30.3 Å². The van der Waals surface area contributed by atoms with Crippen LogP contribution in [0, 0.1) is 5.92 Å². The maximum atomic E-state index is 12.0. The Kier molecular flexibility index (Phi) is 6.07. The molecule has 3 unspecified atom stereocenters. The van der Waals surface area contributed by atoms with Crippen molar-refractivity contribution in [2.24, 2.45) is 5.92 Å². The van der Waals surface area contributed by atoms with Crippen LogP contribution in [0.3, 0.4) is 0 Å². The summed E-state index contributed by atoms with van der Waals surface area (Å²) in [6.45, 7) is 5.53.